The lowest BCUT2D eigenvalue weighted by Crippen LogP contribution is -2.02. The summed E-state index contributed by atoms with van der Waals surface area (Å²) in [6, 6.07) is 9.17. The first-order chi connectivity index (χ1) is 9.79. The van der Waals surface area contributed by atoms with Crippen molar-refractivity contribution in [2.75, 3.05) is 7.11 Å². The molecule has 0 aliphatic rings. The summed E-state index contributed by atoms with van der Waals surface area (Å²) in [4.78, 5) is 12.4. The van der Waals surface area contributed by atoms with Gasteiger partial charge in [0.15, 0.2) is 5.82 Å². The Morgan fingerprint density at radius 2 is 1.85 bits per heavy atom. The number of aromatic nitrogens is 5. The van der Waals surface area contributed by atoms with E-state index >= 15 is 0 Å². The smallest absolute Gasteiger partial charge is 0.253 e. The van der Waals surface area contributed by atoms with Crippen LogP contribution in [0.3, 0.4) is 0 Å². The predicted octanol–water partition coefficient (Wildman–Crippen LogP) is 2.39. The van der Waals surface area contributed by atoms with E-state index in [2.05, 4.69) is 20.1 Å². The van der Waals surface area contributed by atoms with E-state index < -0.39 is 0 Å². The highest BCUT2D eigenvalue weighted by molar-refractivity contribution is 6.28. The van der Waals surface area contributed by atoms with Gasteiger partial charge in [0.2, 0.25) is 5.28 Å². The Labute approximate surface area is 120 Å². The molecule has 0 bridgehead atoms. The molecule has 3 rings (SSSR count). The van der Waals surface area contributed by atoms with Gasteiger partial charge < -0.3 is 4.74 Å². The van der Waals surface area contributed by atoms with Crippen molar-refractivity contribution in [3.05, 3.63) is 48.0 Å². The van der Waals surface area contributed by atoms with Crippen molar-refractivity contribution in [2.45, 2.75) is 0 Å². The summed E-state index contributed by atoms with van der Waals surface area (Å²) in [5, 5.41) is 4.52. The van der Waals surface area contributed by atoms with Crippen LogP contribution in [0.5, 0.6) is 5.75 Å². The number of benzene rings is 1. The SMILES string of the molecule is COc1ccccc1-c1nc(Cl)n(-c2ncccn2)n1. The van der Waals surface area contributed by atoms with Gasteiger partial charge >= 0.3 is 0 Å². The molecular formula is C13H10ClN5O. The fraction of sp³-hybridized carbons (Fsp3) is 0.0769. The van der Waals surface area contributed by atoms with Crippen LogP contribution < -0.4 is 4.74 Å². The van der Waals surface area contributed by atoms with E-state index in [-0.39, 0.29) is 5.28 Å². The van der Waals surface area contributed by atoms with Gasteiger partial charge in [-0.15, -0.1) is 5.10 Å². The highest BCUT2D eigenvalue weighted by Gasteiger charge is 2.15. The van der Waals surface area contributed by atoms with Crippen LogP contribution in [-0.4, -0.2) is 31.8 Å². The number of halogens is 1. The molecule has 100 valence electrons. The van der Waals surface area contributed by atoms with Gasteiger partial charge in [0.25, 0.3) is 5.95 Å². The van der Waals surface area contributed by atoms with Gasteiger partial charge in [0.1, 0.15) is 5.75 Å². The Balaban J connectivity index is 2.09. The van der Waals surface area contributed by atoms with Gasteiger partial charge in [-0.25, -0.2) is 9.97 Å². The molecule has 0 unspecified atom stereocenters. The van der Waals surface area contributed by atoms with Gasteiger partial charge in [-0.1, -0.05) is 12.1 Å². The Morgan fingerprint density at radius 1 is 1.10 bits per heavy atom. The van der Waals surface area contributed by atoms with Crippen LogP contribution in [-0.2, 0) is 0 Å². The number of nitrogens with zero attached hydrogens (tertiary/aromatic N) is 5. The van der Waals surface area contributed by atoms with Crippen LogP contribution in [0.1, 0.15) is 0 Å². The molecule has 0 radical (unpaired) electrons. The maximum absolute atomic E-state index is 6.09. The maximum Gasteiger partial charge on any atom is 0.253 e. The van der Waals surface area contributed by atoms with E-state index in [9.17, 15) is 0 Å². The third-order valence-electron chi connectivity index (χ3n) is 2.66. The Hall–Kier alpha value is -2.47. The molecule has 0 fully saturated rings. The zero-order chi connectivity index (χ0) is 13.9. The van der Waals surface area contributed by atoms with E-state index in [1.54, 1.807) is 25.6 Å². The van der Waals surface area contributed by atoms with E-state index in [1.165, 1.54) is 4.68 Å². The van der Waals surface area contributed by atoms with Crippen molar-refractivity contribution >= 4 is 11.6 Å². The summed E-state index contributed by atoms with van der Waals surface area (Å²) in [7, 11) is 1.59. The van der Waals surface area contributed by atoms with E-state index in [0.29, 0.717) is 17.5 Å². The van der Waals surface area contributed by atoms with E-state index in [1.807, 2.05) is 24.3 Å². The second-order valence-electron chi connectivity index (χ2n) is 3.87. The zero-order valence-corrected chi connectivity index (χ0v) is 11.3. The summed E-state index contributed by atoms with van der Waals surface area (Å²) in [5.41, 5.74) is 0.756. The molecule has 0 amide bonds. The van der Waals surface area contributed by atoms with Gasteiger partial charge in [-0.2, -0.15) is 9.67 Å². The predicted molar refractivity (Wildman–Crippen MR) is 73.9 cm³/mol. The van der Waals surface area contributed by atoms with Crippen molar-refractivity contribution in [3.8, 4) is 23.1 Å². The molecule has 7 heteroatoms. The number of para-hydroxylation sites is 1. The highest BCUT2D eigenvalue weighted by atomic mass is 35.5. The molecular weight excluding hydrogens is 278 g/mol. The lowest BCUT2D eigenvalue weighted by Gasteiger charge is -2.03. The lowest BCUT2D eigenvalue weighted by molar-refractivity contribution is 0.416. The molecule has 1 aromatic carbocycles. The molecule has 3 aromatic rings. The molecule has 0 N–H and O–H groups in total. The fourth-order valence-electron chi connectivity index (χ4n) is 1.76. The zero-order valence-electron chi connectivity index (χ0n) is 10.6. The molecule has 0 aliphatic carbocycles. The molecule has 0 aliphatic heterocycles. The molecule has 6 nitrogen and oxygen atoms in total. The third kappa shape index (κ3) is 2.21. The minimum atomic E-state index is 0.192. The Bertz CT molecular complexity index is 729. The number of hydrogen-bond donors (Lipinski definition) is 0. The highest BCUT2D eigenvalue weighted by Crippen LogP contribution is 2.28. The van der Waals surface area contributed by atoms with Gasteiger partial charge in [-0.3, -0.25) is 0 Å². The van der Waals surface area contributed by atoms with Crippen LogP contribution in [0.2, 0.25) is 5.28 Å². The molecule has 2 aromatic heterocycles. The topological polar surface area (TPSA) is 65.7 Å². The average Bonchev–Trinajstić information content (AvgIpc) is 2.90. The first-order valence-corrected chi connectivity index (χ1v) is 6.20. The van der Waals surface area contributed by atoms with Crippen molar-refractivity contribution in [1.82, 2.24) is 24.7 Å². The van der Waals surface area contributed by atoms with Crippen LogP contribution in [0, 0.1) is 0 Å². The monoisotopic (exact) mass is 287 g/mol. The number of rotatable bonds is 3. The van der Waals surface area contributed by atoms with Crippen molar-refractivity contribution in [3.63, 3.8) is 0 Å². The van der Waals surface area contributed by atoms with Crippen LogP contribution >= 0.6 is 11.6 Å². The number of hydrogen-bond acceptors (Lipinski definition) is 5. The Morgan fingerprint density at radius 3 is 2.60 bits per heavy atom. The summed E-state index contributed by atoms with van der Waals surface area (Å²) in [6.45, 7) is 0. The van der Waals surface area contributed by atoms with Crippen molar-refractivity contribution in [2.24, 2.45) is 0 Å². The summed E-state index contributed by atoms with van der Waals surface area (Å²) in [5.74, 6) is 1.50. The summed E-state index contributed by atoms with van der Waals surface area (Å²) >= 11 is 6.09. The standard InChI is InChI=1S/C13H10ClN5O/c1-20-10-6-3-2-5-9(10)11-17-12(14)19(18-11)13-15-7-4-8-16-13/h2-8H,1H3. The van der Waals surface area contributed by atoms with Gasteiger partial charge in [0, 0.05) is 12.4 Å². The van der Waals surface area contributed by atoms with E-state index in [4.69, 9.17) is 16.3 Å². The van der Waals surface area contributed by atoms with E-state index in [0.717, 1.165) is 5.56 Å². The average molecular weight is 288 g/mol. The second kappa shape index (κ2) is 5.26. The normalized spacial score (nSPS) is 10.5. The first-order valence-electron chi connectivity index (χ1n) is 5.83. The number of ether oxygens (including phenoxy) is 1. The fourth-order valence-corrected chi connectivity index (χ4v) is 1.96. The Kier molecular flexibility index (Phi) is 3.30. The van der Waals surface area contributed by atoms with Crippen molar-refractivity contribution < 1.29 is 4.74 Å². The quantitative estimate of drug-likeness (QED) is 0.740. The molecule has 0 saturated carbocycles. The molecule has 20 heavy (non-hydrogen) atoms. The second-order valence-corrected chi connectivity index (χ2v) is 4.20. The number of methoxy groups -OCH3 is 1. The maximum atomic E-state index is 6.09. The molecule has 0 atom stereocenters. The first kappa shape index (κ1) is 12.6. The van der Waals surface area contributed by atoms with Crippen LogP contribution in [0.15, 0.2) is 42.7 Å². The minimum absolute atomic E-state index is 0.192. The minimum Gasteiger partial charge on any atom is -0.496 e. The molecule has 0 saturated heterocycles. The lowest BCUT2D eigenvalue weighted by atomic mass is 10.2. The summed E-state index contributed by atoms with van der Waals surface area (Å²) < 4.78 is 6.67. The van der Waals surface area contributed by atoms with Crippen molar-refractivity contribution in [1.29, 1.82) is 0 Å². The third-order valence-corrected chi connectivity index (χ3v) is 2.90. The van der Waals surface area contributed by atoms with Gasteiger partial charge in [-0.05, 0) is 29.8 Å². The van der Waals surface area contributed by atoms with Gasteiger partial charge in [0.05, 0.1) is 12.7 Å². The summed E-state index contributed by atoms with van der Waals surface area (Å²) in [6.07, 6.45) is 3.23. The molecule has 0 spiro atoms. The molecule has 2 heterocycles. The largest absolute Gasteiger partial charge is 0.496 e. The van der Waals surface area contributed by atoms with Crippen LogP contribution in [0.25, 0.3) is 17.3 Å². The van der Waals surface area contributed by atoms with Crippen LogP contribution in [0.4, 0.5) is 0 Å².